The van der Waals surface area contributed by atoms with Gasteiger partial charge in [-0.05, 0) is 18.6 Å². The number of para-hydroxylation sites is 1. The predicted molar refractivity (Wildman–Crippen MR) is 52.4 cm³/mol. The molecule has 4 heteroatoms. The number of rotatable bonds is 2. The second-order valence-electron chi connectivity index (χ2n) is 2.75. The molecule has 0 aromatic heterocycles. The normalized spacial score (nSPS) is 9.00. The molecule has 72 valence electrons. The van der Waals surface area contributed by atoms with E-state index >= 15 is 0 Å². The van der Waals surface area contributed by atoms with Crippen molar-refractivity contribution in [3.63, 3.8) is 0 Å². The number of carbonyl (C=O) groups is 1. The number of carbonyl (C=O) groups excluding carboxylic acids is 2. The summed E-state index contributed by atoms with van der Waals surface area (Å²) in [6, 6.07) is 5.13. The largest absolute Gasteiger partial charge is 0.355 e. The number of isocyanates is 1. The molecule has 1 aromatic carbocycles. The highest BCUT2D eigenvalue weighted by molar-refractivity contribution is 5.99. The number of benzene rings is 1. The third kappa shape index (κ3) is 1.87. The molecule has 0 saturated carbocycles. The van der Waals surface area contributed by atoms with Crippen LogP contribution in [-0.4, -0.2) is 19.0 Å². The summed E-state index contributed by atoms with van der Waals surface area (Å²) in [5.41, 5.74) is 1.53. The third-order valence-electron chi connectivity index (χ3n) is 1.87. The van der Waals surface area contributed by atoms with Crippen LogP contribution in [0.4, 0.5) is 5.69 Å². The first-order valence-electron chi connectivity index (χ1n) is 4.10. The van der Waals surface area contributed by atoms with Crippen LogP contribution >= 0.6 is 0 Å². The minimum atomic E-state index is -0.261. The first-order valence-corrected chi connectivity index (χ1v) is 4.10. The summed E-state index contributed by atoms with van der Waals surface area (Å²) in [5, 5.41) is 2.48. The van der Waals surface area contributed by atoms with E-state index in [-0.39, 0.29) is 5.91 Å². The van der Waals surface area contributed by atoms with Gasteiger partial charge < -0.3 is 5.32 Å². The lowest BCUT2D eigenvalue weighted by Gasteiger charge is -2.04. The summed E-state index contributed by atoms with van der Waals surface area (Å²) in [5.74, 6) is -0.261. The van der Waals surface area contributed by atoms with Gasteiger partial charge in [0.1, 0.15) is 0 Å². The average Bonchev–Trinajstić information content (AvgIpc) is 2.20. The molecular formula is C10H10N2O2. The maximum absolute atomic E-state index is 11.4. The Morgan fingerprint density at radius 2 is 2.21 bits per heavy atom. The molecule has 14 heavy (non-hydrogen) atoms. The van der Waals surface area contributed by atoms with E-state index in [0.29, 0.717) is 11.3 Å². The molecule has 0 aliphatic heterocycles. The second kappa shape index (κ2) is 4.35. The first-order chi connectivity index (χ1) is 6.70. The quantitative estimate of drug-likeness (QED) is 0.564. The molecule has 4 nitrogen and oxygen atoms in total. The highest BCUT2D eigenvalue weighted by Crippen LogP contribution is 2.22. The molecule has 0 radical (unpaired) electrons. The number of aryl methyl sites for hydroxylation is 1. The van der Waals surface area contributed by atoms with E-state index in [1.807, 2.05) is 0 Å². The molecule has 0 bridgehead atoms. The molecule has 1 amide bonds. The molecule has 0 unspecified atom stereocenters. The van der Waals surface area contributed by atoms with Crippen LogP contribution in [0.2, 0.25) is 0 Å². The fourth-order valence-corrected chi connectivity index (χ4v) is 1.17. The lowest BCUT2D eigenvalue weighted by Crippen LogP contribution is -2.18. The van der Waals surface area contributed by atoms with Crippen molar-refractivity contribution in [1.29, 1.82) is 0 Å². The van der Waals surface area contributed by atoms with Crippen LogP contribution in [-0.2, 0) is 4.79 Å². The first kappa shape index (κ1) is 10.2. The van der Waals surface area contributed by atoms with Crippen molar-refractivity contribution in [2.24, 2.45) is 4.99 Å². The second-order valence-corrected chi connectivity index (χ2v) is 2.75. The fraction of sp³-hybridized carbons (Fsp3) is 0.200. The zero-order valence-corrected chi connectivity index (χ0v) is 8.00. The smallest absolute Gasteiger partial charge is 0.253 e. The number of hydrogen-bond donors (Lipinski definition) is 1. The number of nitrogens with zero attached hydrogens (tertiary/aromatic N) is 1. The maximum atomic E-state index is 11.4. The maximum Gasteiger partial charge on any atom is 0.253 e. The van der Waals surface area contributed by atoms with Gasteiger partial charge in [0, 0.05) is 7.05 Å². The van der Waals surface area contributed by atoms with Gasteiger partial charge in [0.05, 0.1) is 11.3 Å². The van der Waals surface area contributed by atoms with E-state index in [1.165, 1.54) is 13.1 Å². The Labute approximate surface area is 81.7 Å². The van der Waals surface area contributed by atoms with Crippen molar-refractivity contribution in [2.75, 3.05) is 7.05 Å². The fourth-order valence-electron chi connectivity index (χ4n) is 1.17. The number of amides is 1. The van der Waals surface area contributed by atoms with Crippen molar-refractivity contribution < 1.29 is 9.59 Å². The summed E-state index contributed by atoms with van der Waals surface area (Å²) in [7, 11) is 1.53. The van der Waals surface area contributed by atoms with E-state index in [4.69, 9.17) is 0 Å². The molecular weight excluding hydrogens is 180 g/mol. The molecule has 0 heterocycles. The van der Waals surface area contributed by atoms with Crippen LogP contribution in [0.15, 0.2) is 23.2 Å². The molecule has 1 N–H and O–H groups in total. The van der Waals surface area contributed by atoms with E-state index in [1.54, 1.807) is 25.1 Å². The summed E-state index contributed by atoms with van der Waals surface area (Å²) in [6.45, 7) is 1.78. The van der Waals surface area contributed by atoms with Crippen molar-refractivity contribution in [2.45, 2.75) is 6.92 Å². The predicted octanol–water partition coefficient (Wildman–Crippen LogP) is 1.32. The van der Waals surface area contributed by atoms with Gasteiger partial charge in [-0.25, -0.2) is 4.79 Å². The molecule has 0 atom stereocenters. The van der Waals surface area contributed by atoms with Crippen LogP contribution in [0.1, 0.15) is 15.9 Å². The summed E-state index contributed by atoms with van der Waals surface area (Å²) < 4.78 is 0. The van der Waals surface area contributed by atoms with Crippen molar-refractivity contribution in [3.8, 4) is 0 Å². The van der Waals surface area contributed by atoms with Gasteiger partial charge in [-0.3, -0.25) is 4.79 Å². The average molecular weight is 190 g/mol. The van der Waals surface area contributed by atoms with Crippen LogP contribution in [0.5, 0.6) is 0 Å². The Bertz CT molecular complexity index is 407. The van der Waals surface area contributed by atoms with Gasteiger partial charge in [-0.2, -0.15) is 4.99 Å². The van der Waals surface area contributed by atoms with Crippen LogP contribution in [0, 0.1) is 6.92 Å². The zero-order valence-electron chi connectivity index (χ0n) is 8.00. The molecule has 1 rings (SSSR count). The van der Waals surface area contributed by atoms with Crippen molar-refractivity contribution in [1.82, 2.24) is 5.32 Å². The Hall–Kier alpha value is -1.93. The summed E-state index contributed by atoms with van der Waals surface area (Å²) >= 11 is 0. The van der Waals surface area contributed by atoms with Gasteiger partial charge in [0.15, 0.2) is 0 Å². The topological polar surface area (TPSA) is 58.5 Å². The van der Waals surface area contributed by atoms with E-state index in [0.717, 1.165) is 5.56 Å². The lowest BCUT2D eigenvalue weighted by atomic mass is 10.1. The molecule has 1 aromatic rings. The monoisotopic (exact) mass is 190 g/mol. The van der Waals surface area contributed by atoms with Gasteiger partial charge in [0.2, 0.25) is 6.08 Å². The van der Waals surface area contributed by atoms with Gasteiger partial charge in [0.25, 0.3) is 5.91 Å². The lowest BCUT2D eigenvalue weighted by molar-refractivity contribution is 0.0964. The Morgan fingerprint density at radius 1 is 1.50 bits per heavy atom. The molecule has 0 spiro atoms. The standard InChI is InChI=1S/C10H10N2O2/c1-7-4-3-5-8(10(14)11-2)9(7)12-6-13/h3-5H,1-2H3,(H,11,14). The number of nitrogens with one attached hydrogen (secondary N) is 1. The third-order valence-corrected chi connectivity index (χ3v) is 1.87. The Kier molecular flexibility index (Phi) is 3.15. The van der Waals surface area contributed by atoms with Crippen molar-refractivity contribution in [3.05, 3.63) is 29.3 Å². The van der Waals surface area contributed by atoms with E-state index in [2.05, 4.69) is 10.3 Å². The molecule has 0 saturated heterocycles. The zero-order chi connectivity index (χ0) is 10.6. The van der Waals surface area contributed by atoms with Gasteiger partial charge in [-0.1, -0.05) is 12.1 Å². The number of hydrogen-bond acceptors (Lipinski definition) is 3. The van der Waals surface area contributed by atoms with E-state index < -0.39 is 0 Å². The molecule has 0 aliphatic rings. The van der Waals surface area contributed by atoms with Crippen LogP contribution in [0.3, 0.4) is 0 Å². The van der Waals surface area contributed by atoms with Gasteiger partial charge >= 0.3 is 0 Å². The summed E-state index contributed by atoms with van der Waals surface area (Å²) in [6.07, 6.45) is 1.44. The highest BCUT2D eigenvalue weighted by Gasteiger charge is 2.10. The highest BCUT2D eigenvalue weighted by atomic mass is 16.1. The van der Waals surface area contributed by atoms with E-state index in [9.17, 15) is 9.59 Å². The van der Waals surface area contributed by atoms with Crippen LogP contribution in [0.25, 0.3) is 0 Å². The van der Waals surface area contributed by atoms with Gasteiger partial charge in [-0.15, -0.1) is 0 Å². The molecule has 0 aliphatic carbocycles. The minimum Gasteiger partial charge on any atom is -0.355 e. The Morgan fingerprint density at radius 3 is 2.79 bits per heavy atom. The molecule has 0 fully saturated rings. The summed E-state index contributed by atoms with van der Waals surface area (Å²) in [4.78, 5) is 25.0. The van der Waals surface area contributed by atoms with Crippen molar-refractivity contribution >= 4 is 17.7 Å². The SMILES string of the molecule is CNC(=O)c1cccc(C)c1N=C=O. The number of aliphatic imine (C=N–C) groups is 1. The van der Waals surface area contributed by atoms with Crippen LogP contribution < -0.4 is 5.32 Å². The minimum absolute atomic E-state index is 0.261. The Balaban J connectivity index is 3.34.